The van der Waals surface area contributed by atoms with Crippen LogP contribution in [0.5, 0.6) is 0 Å². The number of nitrogens with zero attached hydrogens (tertiary/aromatic N) is 2. The van der Waals surface area contributed by atoms with Crippen molar-refractivity contribution in [2.24, 2.45) is 0 Å². The topological polar surface area (TPSA) is 17.8 Å². The molecule has 2 heterocycles. The Balaban J connectivity index is 2.35. The van der Waals surface area contributed by atoms with Crippen LogP contribution in [-0.2, 0) is 6.54 Å². The molecule has 0 spiro atoms. The Morgan fingerprint density at radius 2 is 2.27 bits per heavy atom. The van der Waals surface area contributed by atoms with Gasteiger partial charge in [0.1, 0.15) is 11.6 Å². The van der Waals surface area contributed by atoms with Gasteiger partial charge in [-0.25, -0.2) is 13.8 Å². The summed E-state index contributed by atoms with van der Waals surface area (Å²) in [6.45, 7) is 0.616. The number of hydrogen-bond acceptors (Lipinski definition) is 1. The second-order valence-corrected chi connectivity index (χ2v) is 4.49. The molecule has 2 aromatic rings. The first-order valence-corrected chi connectivity index (χ1v) is 5.45. The SMILES string of the molecule is Fc1cc2nc3n(c2cc1Br)CCC3F. The number of fused-ring (bicyclic) bond motifs is 3. The fraction of sp³-hybridized carbons (Fsp3) is 0.300. The van der Waals surface area contributed by atoms with E-state index < -0.39 is 6.17 Å². The molecule has 3 rings (SSSR count). The maximum absolute atomic E-state index is 13.4. The van der Waals surface area contributed by atoms with Gasteiger partial charge in [-0.05, 0) is 22.0 Å². The molecule has 1 aliphatic rings. The largest absolute Gasteiger partial charge is 0.325 e. The predicted molar refractivity (Wildman–Crippen MR) is 55.9 cm³/mol. The van der Waals surface area contributed by atoms with Crippen molar-refractivity contribution >= 4 is 27.0 Å². The Hall–Kier alpha value is -0.970. The van der Waals surface area contributed by atoms with Crippen LogP contribution in [0.1, 0.15) is 18.4 Å². The highest BCUT2D eigenvalue weighted by molar-refractivity contribution is 9.10. The predicted octanol–water partition coefficient (Wildman–Crippen LogP) is 3.35. The van der Waals surface area contributed by atoms with E-state index in [1.165, 1.54) is 6.07 Å². The Morgan fingerprint density at radius 1 is 1.47 bits per heavy atom. The molecule has 1 atom stereocenters. The zero-order valence-electron chi connectivity index (χ0n) is 7.67. The van der Waals surface area contributed by atoms with Crippen molar-refractivity contribution in [3.05, 3.63) is 28.2 Å². The molecular formula is C10H7BrF2N2. The summed E-state index contributed by atoms with van der Waals surface area (Å²) < 4.78 is 28.8. The molecule has 1 aromatic heterocycles. The Labute approximate surface area is 93.0 Å². The van der Waals surface area contributed by atoms with E-state index in [1.807, 2.05) is 4.57 Å². The van der Waals surface area contributed by atoms with E-state index in [2.05, 4.69) is 20.9 Å². The van der Waals surface area contributed by atoms with E-state index >= 15 is 0 Å². The lowest BCUT2D eigenvalue weighted by atomic mass is 10.3. The summed E-state index contributed by atoms with van der Waals surface area (Å²) in [7, 11) is 0. The monoisotopic (exact) mass is 272 g/mol. The summed E-state index contributed by atoms with van der Waals surface area (Å²) in [5.74, 6) is 0.0529. The van der Waals surface area contributed by atoms with Gasteiger partial charge in [0, 0.05) is 19.0 Å². The van der Waals surface area contributed by atoms with E-state index in [9.17, 15) is 8.78 Å². The summed E-state index contributed by atoms with van der Waals surface area (Å²) in [6, 6.07) is 2.98. The number of rotatable bonds is 0. The fourth-order valence-electron chi connectivity index (χ4n) is 1.98. The van der Waals surface area contributed by atoms with Gasteiger partial charge in [-0.15, -0.1) is 0 Å². The number of aromatic nitrogens is 2. The minimum absolute atomic E-state index is 0.366. The van der Waals surface area contributed by atoms with Crippen LogP contribution in [-0.4, -0.2) is 9.55 Å². The highest BCUT2D eigenvalue weighted by Gasteiger charge is 2.26. The number of benzene rings is 1. The Kier molecular flexibility index (Phi) is 1.86. The molecule has 0 saturated carbocycles. The van der Waals surface area contributed by atoms with Gasteiger partial charge in [0.2, 0.25) is 0 Å². The third-order valence-electron chi connectivity index (χ3n) is 2.71. The zero-order chi connectivity index (χ0) is 10.6. The average molecular weight is 273 g/mol. The lowest BCUT2D eigenvalue weighted by Crippen LogP contribution is -1.91. The van der Waals surface area contributed by atoms with Gasteiger partial charge in [-0.2, -0.15) is 0 Å². The first-order valence-electron chi connectivity index (χ1n) is 4.66. The van der Waals surface area contributed by atoms with Crippen LogP contribution in [0, 0.1) is 5.82 Å². The average Bonchev–Trinajstić information content (AvgIpc) is 2.70. The van der Waals surface area contributed by atoms with Crippen LogP contribution in [0.2, 0.25) is 0 Å². The van der Waals surface area contributed by atoms with Gasteiger partial charge >= 0.3 is 0 Å². The summed E-state index contributed by atoms with van der Waals surface area (Å²) in [5.41, 5.74) is 1.31. The van der Waals surface area contributed by atoms with Crippen molar-refractivity contribution in [3.63, 3.8) is 0 Å². The molecular weight excluding hydrogens is 266 g/mol. The van der Waals surface area contributed by atoms with Crippen molar-refractivity contribution < 1.29 is 8.78 Å². The molecule has 0 fully saturated rings. The standard InChI is InChI=1S/C10H7BrF2N2/c11-5-3-9-8(4-7(5)13)14-10-6(12)1-2-15(9)10/h3-4,6H,1-2H2. The van der Waals surface area contributed by atoms with Crippen molar-refractivity contribution in [2.75, 3.05) is 0 Å². The highest BCUT2D eigenvalue weighted by atomic mass is 79.9. The van der Waals surface area contributed by atoms with Crippen LogP contribution in [0.15, 0.2) is 16.6 Å². The van der Waals surface area contributed by atoms with Crippen molar-refractivity contribution in [3.8, 4) is 0 Å². The van der Waals surface area contributed by atoms with E-state index in [0.29, 0.717) is 28.8 Å². The van der Waals surface area contributed by atoms with E-state index in [-0.39, 0.29) is 5.82 Å². The van der Waals surface area contributed by atoms with Crippen LogP contribution in [0.3, 0.4) is 0 Å². The van der Waals surface area contributed by atoms with Gasteiger partial charge in [0.05, 0.1) is 15.5 Å². The van der Waals surface area contributed by atoms with Gasteiger partial charge in [0.25, 0.3) is 0 Å². The molecule has 5 heteroatoms. The molecule has 0 saturated heterocycles. The van der Waals surface area contributed by atoms with Crippen molar-refractivity contribution in [1.82, 2.24) is 9.55 Å². The molecule has 15 heavy (non-hydrogen) atoms. The van der Waals surface area contributed by atoms with Gasteiger partial charge in [-0.1, -0.05) is 0 Å². The van der Waals surface area contributed by atoms with E-state index in [0.717, 1.165) is 5.52 Å². The van der Waals surface area contributed by atoms with Crippen molar-refractivity contribution in [2.45, 2.75) is 19.1 Å². The normalized spacial score (nSPS) is 19.8. The lowest BCUT2D eigenvalue weighted by Gasteiger charge is -1.99. The number of alkyl halides is 1. The lowest BCUT2D eigenvalue weighted by molar-refractivity contribution is 0.338. The van der Waals surface area contributed by atoms with Crippen molar-refractivity contribution in [1.29, 1.82) is 0 Å². The van der Waals surface area contributed by atoms with Crippen LogP contribution < -0.4 is 0 Å². The summed E-state index contributed by atoms with van der Waals surface area (Å²) in [5, 5.41) is 0. The summed E-state index contributed by atoms with van der Waals surface area (Å²) >= 11 is 3.11. The number of halogens is 3. The summed E-state index contributed by atoms with van der Waals surface area (Å²) in [6.07, 6.45) is -0.549. The van der Waals surface area contributed by atoms with Crippen LogP contribution >= 0.6 is 15.9 Å². The minimum atomic E-state index is -1.01. The molecule has 0 N–H and O–H groups in total. The first kappa shape index (κ1) is 9.27. The molecule has 0 radical (unpaired) electrons. The van der Waals surface area contributed by atoms with Crippen LogP contribution in [0.25, 0.3) is 11.0 Å². The molecule has 1 aromatic carbocycles. The highest BCUT2D eigenvalue weighted by Crippen LogP contribution is 2.33. The fourth-order valence-corrected chi connectivity index (χ4v) is 2.32. The van der Waals surface area contributed by atoms with E-state index in [1.54, 1.807) is 6.07 Å². The zero-order valence-corrected chi connectivity index (χ0v) is 9.26. The maximum Gasteiger partial charge on any atom is 0.159 e. The smallest absolute Gasteiger partial charge is 0.159 e. The minimum Gasteiger partial charge on any atom is -0.325 e. The molecule has 78 valence electrons. The molecule has 0 aliphatic carbocycles. The van der Waals surface area contributed by atoms with Gasteiger partial charge in [-0.3, -0.25) is 0 Å². The molecule has 1 aliphatic heterocycles. The molecule has 0 bridgehead atoms. The third-order valence-corrected chi connectivity index (χ3v) is 3.31. The number of aryl methyl sites for hydroxylation is 1. The quantitative estimate of drug-likeness (QED) is 0.719. The molecule has 1 unspecified atom stereocenters. The number of imidazole rings is 1. The van der Waals surface area contributed by atoms with E-state index in [4.69, 9.17) is 0 Å². The van der Waals surface area contributed by atoms with Gasteiger partial charge < -0.3 is 4.57 Å². The summed E-state index contributed by atoms with van der Waals surface area (Å²) in [4.78, 5) is 4.10. The first-order chi connectivity index (χ1) is 7.16. The molecule has 2 nitrogen and oxygen atoms in total. The maximum atomic E-state index is 13.4. The van der Waals surface area contributed by atoms with Gasteiger partial charge in [0.15, 0.2) is 6.17 Å². The Morgan fingerprint density at radius 3 is 3.07 bits per heavy atom. The number of hydrogen-bond donors (Lipinski definition) is 0. The second-order valence-electron chi connectivity index (χ2n) is 3.63. The molecule has 0 amide bonds. The third kappa shape index (κ3) is 1.22. The Bertz CT molecular complexity index is 550. The van der Waals surface area contributed by atoms with Crippen LogP contribution in [0.4, 0.5) is 8.78 Å². The second kappa shape index (κ2) is 3.01.